The van der Waals surface area contributed by atoms with Crippen molar-refractivity contribution >= 4 is 0 Å². The van der Waals surface area contributed by atoms with Crippen LogP contribution in [0.15, 0.2) is 24.3 Å². The summed E-state index contributed by atoms with van der Waals surface area (Å²) in [4.78, 5) is 0. The number of aryl methyl sites for hydroxylation is 1. The summed E-state index contributed by atoms with van der Waals surface area (Å²) in [5.74, 6) is 0.754. The first-order chi connectivity index (χ1) is 9.74. The summed E-state index contributed by atoms with van der Waals surface area (Å²) in [5.41, 5.74) is 3.15. The van der Waals surface area contributed by atoms with Crippen LogP contribution in [0.5, 0.6) is 0 Å². The minimum Gasteiger partial charge on any atom is -0.0625 e. The molecule has 0 saturated carbocycles. The molecule has 0 bridgehead atoms. The first kappa shape index (κ1) is 17.3. The van der Waals surface area contributed by atoms with Crippen molar-refractivity contribution in [2.45, 2.75) is 78.1 Å². The minimum absolute atomic E-state index is 0.754. The Morgan fingerprint density at radius 1 is 0.800 bits per heavy atom. The maximum atomic E-state index is 3.90. The highest BCUT2D eigenvalue weighted by molar-refractivity contribution is 5.27. The van der Waals surface area contributed by atoms with Crippen LogP contribution in [-0.4, -0.2) is 0 Å². The predicted molar refractivity (Wildman–Crippen MR) is 91.0 cm³/mol. The summed E-state index contributed by atoms with van der Waals surface area (Å²) < 4.78 is 0. The normalized spacial score (nSPS) is 11.2. The summed E-state index contributed by atoms with van der Waals surface area (Å²) in [7, 11) is 0. The van der Waals surface area contributed by atoms with E-state index in [4.69, 9.17) is 0 Å². The van der Waals surface area contributed by atoms with Gasteiger partial charge in [0, 0.05) is 0 Å². The van der Waals surface area contributed by atoms with Gasteiger partial charge in [-0.25, -0.2) is 0 Å². The zero-order valence-corrected chi connectivity index (χ0v) is 13.7. The van der Waals surface area contributed by atoms with E-state index in [2.05, 4.69) is 45.0 Å². The first-order valence-electron chi connectivity index (χ1n) is 8.60. The number of rotatable bonds is 11. The molecule has 0 aliphatic heterocycles. The van der Waals surface area contributed by atoms with Crippen LogP contribution < -0.4 is 0 Å². The Kier molecular flexibility index (Phi) is 9.45. The van der Waals surface area contributed by atoms with Gasteiger partial charge in [-0.15, -0.1) is 0 Å². The second-order valence-corrected chi connectivity index (χ2v) is 6.45. The standard InChI is InChI=1S/C20H33/c1-4-5-6-7-8-9-10-11-14-19-15-12-13-16-20(19)17-18(2)3/h12-13,15-16,18H,1,4-11,14,17H2,2-3H3. The molecule has 0 atom stereocenters. The lowest BCUT2D eigenvalue weighted by atomic mass is 9.94. The molecule has 0 spiro atoms. The Morgan fingerprint density at radius 2 is 1.35 bits per heavy atom. The van der Waals surface area contributed by atoms with Gasteiger partial charge in [-0.3, -0.25) is 0 Å². The fourth-order valence-electron chi connectivity index (χ4n) is 2.82. The molecule has 113 valence electrons. The fourth-order valence-corrected chi connectivity index (χ4v) is 2.82. The lowest BCUT2D eigenvalue weighted by Gasteiger charge is -2.11. The average molecular weight is 273 g/mol. The quantitative estimate of drug-likeness (QED) is 0.410. The van der Waals surface area contributed by atoms with Crippen LogP contribution in [0.1, 0.15) is 76.3 Å². The average Bonchev–Trinajstić information content (AvgIpc) is 2.43. The lowest BCUT2D eigenvalue weighted by Crippen LogP contribution is -1.99. The van der Waals surface area contributed by atoms with E-state index in [1.165, 1.54) is 57.8 Å². The molecule has 0 aromatic heterocycles. The number of hydrogen-bond donors (Lipinski definition) is 0. The zero-order valence-electron chi connectivity index (χ0n) is 13.7. The smallest absolute Gasteiger partial charge is 0.0253 e. The molecule has 0 unspecified atom stereocenters. The second-order valence-electron chi connectivity index (χ2n) is 6.45. The molecule has 0 aliphatic rings. The van der Waals surface area contributed by atoms with E-state index in [0.717, 1.165) is 12.3 Å². The minimum atomic E-state index is 0.754. The van der Waals surface area contributed by atoms with Crippen molar-refractivity contribution in [2.75, 3.05) is 0 Å². The maximum Gasteiger partial charge on any atom is -0.0253 e. The van der Waals surface area contributed by atoms with Crippen molar-refractivity contribution in [3.8, 4) is 0 Å². The van der Waals surface area contributed by atoms with Crippen LogP contribution in [0, 0.1) is 12.8 Å². The molecule has 0 heterocycles. The molecule has 0 aliphatic carbocycles. The highest BCUT2D eigenvalue weighted by Gasteiger charge is 2.03. The molecule has 0 nitrogen and oxygen atoms in total. The number of unbranched alkanes of at least 4 members (excludes halogenated alkanes) is 7. The van der Waals surface area contributed by atoms with E-state index < -0.39 is 0 Å². The largest absolute Gasteiger partial charge is 0.0625 e. The van der Waals surface area contributed by atoms with Gasteiger partial charge in [0.05, 0.1) is 0 Å². The van der Waals surface area contributed by atoms with Gasteiger partial charge < -0.3 is 0 Å². The molecule has 0 fully saturated rings. The van der Waals surface area contributed by atoms with Crippen molar-refractivity contribution in [2.24, 2.45) is 5.92 Å². The Hall–Kier alpha value is -0.780. The van der Waals surface area contributed by atoms with E-state index in [1.54, 1.807) is 11.1 Å². The van der Waals surface area contributed by atoms with E-state index in [-0.39, 0.29) is 0 Å². The van der Waals surface area contributed by atoms with Crippen LogP contribution in [0.3, 0.4) is 0 Å². The van der Waals surface area contributed by atoms with Gasteiger partial charge in [0.1, 0.15) is 0 Å². The van der Waals surface area contributed by atoms with Crippen LogP contribution in [-0.2, 0) is 12.8 Å². The monoisotopic (exact) mass is 273 g/mol. The molecule has 1 aromatic carbocycles. The summed E-state index contributed by atoms with van der Waals surface area (Å²) in [6.07, 6.45) is 13.2. The van der Waals surface area contributed by atoms with Crippen LogP contribution in [0.2, 0.25) is 0 Å². The Balaban J connectivity index is 2.18. The number of hydrogen-bond acceptors (Lipinski definition) is 0. The Morgan fingerprint density at radius 3 is 1.95 bits per heavy atom. The third-order valence-corrected chi connectivity index (χ3v) is 3.94. The molecule has 0 N–H and O–H groups in total. The highest BCUT2D eigenvalue weighted by atomic mass is 14.1. The van der Waals surface area contributed by atoms with Crippen molar-refractivity contribution in [1.29, 1.82) is 0 Å². The van der Waals surface area contributed by atoms with Crippen molar-refractivity contribution in [3.05, 3.63) is 42.3 Å². The van der Waals surface area contributed by atoms with Crippen LogP contribution in [0.4, 0.5) is 0 Å². The van der Waals surface area contributed by atoms with Crippen molar-refractivity contribution in [1.82, 2.24) is 0 Å². The van der Waals surface area contributed by atoms with Gasteiger partial charge in [-0.05, 0) is 36.3 Å². The zero-order chi connectivity index (χ0) is 14.6. The molecule has 1 aromatic rings. The van der Waals surface area contributed by atoms with E-state index in [1.807, 2.05) is 0 Å². The topological polar surface area (TPSA) is 0 Å². The SMILES string of the molecule is [CH2]CCCCCCCCCc1ccccc1CC(C)C. The van der Waals surface area contributed by atoms with Gasteiger partial charge in [-0.1, -0.05) is 90.0 Å². The number of benzene rings is 1. The third-order valence-electron chi connectivity index (χ3n) is 3.94. The molecule has 0 amide bonds. The van der Waals surface area contributed by atoms with E-state index >= 15 is 0 Å². The molecule has 1 radical (unpaired) electrons. The van der Waals surface area contributed by atoms with Crippen LogP contribution in [0.25, 0.3) is 0 Å². The Labute approximate surface area is 127 Å². The molecular weight excluding hydrogens is 240 g/mol. The fraction of sp³-hybridized carbons (Fsp3) is 0.650. The first-order valence-corrected chi connectivity index (χ1v) is 8.60. The van der Waals surface area contributed by atoms with Crippen molar-refractivity contribution < 1.29 is 0 Å². The van der Waals surface area contributed by atoms with Gasteiger partial charge in [0.15, 0.2) is 0 Å². The Bertz CT molecular complexity index is 338. The molecule has 0 heteroatoms. The summed E-state index contributed by atoms with van der Waals surface area (Å²) in [5, 5.41) is 0. The van der Waals surface area contributed by atoms with E-state index in [9.17, 15) is 0 Å². The predicted octanol–water partition coefficient (Wildman–Crippen LogP) is 6.38. The summed E-state index contributed by atoms with van der Waals surface area (Å²) in [6, 6.07) is 9.02. The third kappa shape index (κ3) is 7.72. The maximum absolute atomic E-state index is 3.90. The molecule has 20 heavy (non-hydrogen) atoms. The summed E-state index contributed by atoms with van der Waals surface area (Å²) in [6.45, 7) is 8.51. The van der Waals surface area contributed by atoms with Gasteiger partial charge >= 0.3 is 0 Å². The molecule has 0 saturated heterocycles. The second kappa shape index (κ2) is 10.9. The van der Waals surface area contributed by atoms with E-state index in [0.29, 0.717) is 0 Å². The van der Waals surface area contributed by atoms with Crippen LogP contribution >= 0.6 is 0 Å². The lowest BCUT2D eigenvalue weighted by molar-refractivity contribution is 0.578. The van der Waals surface area contributed by atoms with Gasteiger partial charge in [0.25, 0.3) is 0 Å². The van der Waals surface area contributed by atoms with Crippen molar-refractivity contribution in [3.63, 3.8) is 0 Å². The highest BCUT2D eigenvalue weighted by Crippen LogP contribution is 2.17. The molecule has 1 rings (SSSR count). The molecular formula is C20H33. The summed E-state index contributed by atoms with van der Waals surface area (Å²) >= 11 is 0. The van der Waals surface area contributed by atoms with Gasteiger partial charge in [0.2, 0.25) is 0 Å². The van der Waals surface area contributed by atoms with Gasteiger partial charge in [-0.2, -0.15) is 0 Å².